The van der Waals surface area contributed by atoms with Crippen molar-refractivity contribution in [2.45, 2.75) is 31.8 Å². The molecule has 0 aliphatic heterocycles. The molecule has 0 unspecified atom stereocenters. The van der Waals surface area contributed by atoms with Crippen molar-refractivity contribution in [1.82, 2.24) is 4.90 Å². The fraction of sp³-hybridized carbons (Fsp3) is 0.500. The fourth-order valence-corrected chi connectivity index (χ4v) is 2.32. The minimum absolute atomic E-state index is 0.269. The second kappa shape index (κ2) is 4.56. The van der Waals surface area contributed by atoms with E-state index in [2.05, 4.69) is 4.99 Å². The zero-order chi connectivity index (χ0) is 13.3. The highest BCUT2D eigenvalue weighted by Crippen LogP contribution is 2.53. The highest BCUT2D eigenvalue weighted by atomic mass is 16.3. The van der Waals surface area contributed by atoms with E-state index in [4.69, 9.17) is 0 Å². The van der Waals surface area contributed by atoms with Crippen molar-refractivity contribution in [3.63, 3.8) is 0 Å². The number of nitrogens with zero attached hydrogens (tertiary/aromatic N) is 2. The lowest BCUT2D eigenvalue weighted by Crippen LogP contribution is -2.13. The van der Waals surface area contributed by atoms with Crippen LogP contribution in [0.4, 0.5) is 0 Å². The number of phenolic OH excluding ortho intramolecular Hbond substituents is 1. The highest BCUT2D eigenvalue weighted by Gasteiger charge is 2.47. The molecule has 1 saturated carbocycles. The Morgan fingerprint density at radius 2 is 2.11 bits per heavy atom. The maximum atomic E-state index is 10.5. The van der Waals surface area contributed by atoms with Crippen LogP contribution in [0.1, 0.15) is 29.5 Å². The Hall–Kier alpha value is -1.64. The van der Waals surface area contributed by atoms with Crippen molar-refractivity contribution in [2.75, 3.05) is 14.1 Å². The van der Waals surface area contributed by atoms with Crippen LogP contribution in [-0.4, -0.2) is 30.2 Å². The van der Waals surface area contributed by atoms with E-state index in [0.717, 1.165) is 29.5 Å². The van der Waals surface area contributed by atoms with Gasteiger partial charge < -0.3 is 10.0 Å². The number of aliphatic imine (C=N–C) groups is 1. The van der Waals surface area contributed by atoms with Gasteiger partial charge >= 0.3 is 0 Å². The lowest BCUT2D eigenvalue weighted by atomic mass is 9.97. The second-order valence-corrected chi connectivity index (χ2v) is 5.29. The lowest BCUT2D eigenvalue weighted by Gasteiger charge is -2.17. The molecule has 0 saturated heterocycles. The molecule has 0 atom stereocenters. The Bertz CT molecular complexity index is 513. The number of benzene rings is 1. The number of phenols is 1. The quantitative estimate of drug-likeness (QED) is 0.653. The van der Waals surface area contributed by atoms with Crippen molar-refractivity contribution in [2.24, 2.45) is 4.99 Å². The Balaban J connectivity index is 2.48. The molecule has 0 radical (unpaired) electrons. The molecule has 1 aromatic carbocycles. The summed E-state index contributed by atoms with van der Waals surface area (Å²) in [7, 11) is 3.91. The van der Waals surface area contributed by atoms with Crippen molar-refractivity contribution < 1.29 is 9.90 Å². The summed E-state index contributed by atoms with van der Waals surface area (Å²) in [4.78, 5) is 16.4. The number of rotatable bonds is 4. The average molecular weight is 246 g/mol. The number of hydrogen-bond donors (Lipinski definition) is 1. The van der Waals surface area contributed by atoms with Crippen molar-refractivity contribution in [1.29, 1.82) is 0 Å². The van der Waals surface area contributed by atoms with Crippen LogP contribution in [0.3, 0.4) is 0 Å². The van der Waals surface area contributed by atoms with Crippen LogP contribution in [0.2, 0.25) is 0 Å². The molecular formula is C14H18N2O2. The van der Waals surface area contributed by atoms with Gasteiger partial charge in [0.1, 0.15) is 11.3 Å². The summed E-state index contributed by atoms with van der Waals surface area (Å²) in [5.41, 5.74) is 2.20. The molecule has 0 bridgehead atoms. The van der Waals surface area contributed by atoms with E-state index in [1.165, 1.54) is 0 Å². The average Bonchev–Trinajstić information content (AvgIpc) is 3.03. The van der Waals surface area contributed by atoms with E-state index >= 15 is 0 Å². The third-order valence-electron chi connectivity index (χ3n) is 3.30. The lowest BCUT2D eigenvalue weighted by molar-refractivity contribution is 0.382. The Morgan fingerprint density at radius 1 is 1.44 bits per heavy atom. The van der Waals surface area contributed by atoms with Crippen LogP contribution in [0.5, 0.6) is 5.75 Å². The molecule has 0 spiro atoms. The molecule has 1 aromatic rings. The molecule has 1 fully saturated rings. The molecule has 4 heteroatoms. The maximum Gasteiger partial charge on any atom is 0.235 e. The largest absolute Gasteiger partial charge is 0.507 e. The van der Waals surface area contributed by atoms with Gasteiger partial charge in [0.15, 0.2) is 0 Å². The van der Waals surface area contributed by atoms with Crippen LogP contribution < -0.4 is 0 Å². The first-order chi connectivity index (χ1) is 8.48. The summed E-state index contributed by atoms with van der Waals surface area (Å²) in [6.07, 6.45) is 3.24. The first kappa shape index (κ1) is 12.8. The van der Waals surface area contributed by atoms with E-state index < -0.39 is 5.54 Å². The molecule has 0 amide bonds. The van der Waals surface area contributed by atoms with Crippen LogP contribution in [-0.2, 0) is 16.9 Å². The van der Waals surface area contributed by atoms with Gasteiger partial charge in [0.05, 0.1) is 0 Å². The maximum absolute atomic E-state index is 10.5. The number of hydrogen-bond acceptors (Lipinski definition) is 4. The van der Waals surface area contributed by atoms with Crippen molar-refractivity contribution in [3.05, 3.63) is 28.8 Å². The normalized spacial score (nSPS) is 16.4. The van der Waals surface area contributed by atoms with Crippen molar-refractivity contribution >= 4 is 6.08 Å². The molecule has 2 rings (SSSR count). The summed E-state index contributed by atoms with van der Waals surface area (Å²) < 4.78 is 0. The molecular weight excluding hydrogens is 228 g/mol. The first-order valence-corrected chi connectivity index (χ1v) is 6.05. The third kappa shape index (κ3) is 2.30. The Labute approximate surface area is 107 Å². The summed E-state index contributed by atoms with van der Waals surface area (Å²) in [6, 6.07) is 3.89. The molecule has 18 heavy (non-hydrogen) atoms. The van der Waals surface area contributed by atoms with Gasteiger partial charge in [0, 0.05) is 17.7 Å². The van der Waals surface area contributed by atoms with Crippen LogP contribution >= 0.6 is 0 Å². The third-order valence-corrected chi connectivity index (χ3v) is 3.30. The SMILES string of the molecule is Cc1cc(CN(C)C)c(O)c(C2(N=C=O)CC2)c1. The van der Waals surface area contributed by atoms with Gasteiger partial charge in [-0.3, -0.25) is 0 Å². The van der Waals surface area contributed by atoms with Crippen LogP contribution in [0.15, 0.2) is 17.1 Å². The summed E-state index contributed by atoms with van der Waals surface area (Å²) in [6.45, 7) is 2.66. The zero-order valence-electron chi connectivity index (χ0n) is 11.0. The van der Waals surface area contributed by atoms with Crippen LogP contribution in [0.25, 0.3) is 0 Å². The molecule has 96 valence electrons. The van der Waals surface area contributed by atoms with Crippen LogP contribution in [0, 0.1) is 6.92 Å². The molecule has 1 aliphatic rings. The van der Waals surface area contributed by atoms with Gasteiger partial charge in [0.25, 0.3) is 0 Å². The van der Waals surface area contributed by atoms with Gasteiger partial charge in [-0.15, -0.1) is 0 Å². The van der Waals surface area contributed by atoms with E-state index in [1.807, 2.05) is 38.1 Å². The number of carbonyl (C=O) groups excluding carboxylic acids is 1. The van der Waals surface area contributed by atoms with Gasteiger partial charge in [0.2, 0.25) is 6.08 Å². The van der Waals surface area contributed by atoms with E-state index in [9.17, 15) is 9.90 Å². The minimum atomic E-state index is -0.515. The molecule has 1 aliphatic carbocycles. The Kier molecular flexibility index (Phi) is 3.24. The van der Waals surface area contributed by atoms with E-state index in [1.54, 1.807) is 6.08 Å². The first-order valence-electron chi connectivity index (χ1n) is 6.05. The standard InChI is InChI=1S/C14H18N2O2/c1-10-6-11(8-16(2)3)13(18)12(7-10)14(4-5-14)15-9-17/h6-7,18H,4-5,8H2,1-3H3. The molecule has 1 N–H and O–H groups in total. The van der Waals surface area contributed by atoms with Gasteiger partial charge in [-0.2, -0.15) is 4.99 Å². The second-order valence-electron chi connectivity index (χ2n) is 5.29. The monoisotopic (exact) mass is 246 g/mol. The highest BCUT2D eigenvalue weighted by molar-refractivity contribution is 5.51. The zero-order valence-corrected chi connectivity index (χ0v) is 11.0. The molecule has 0 aromatic heterocycles. The summed E-state index contributed by atoms with van der Waals surface area (Å²) in [5, 5.41) is 10.3. The van der Waals surface area contributed by atoms with Gasteiger partial charge in [-0.1, -0.05) is 11.6 Å². The smallest absolute Gasteiger partial charge is 0.235 e. The van der Waals surface area contributed by atoms with Gasteiger partial charge in [-0.05, 0) is 39.9 Å². The van der Waals surface area contributed by atoms with E-state index in [0.29, 0.717) is 6.54 Å². The summed E-state index contributed by atoms with van der Waals surface area (Å²) >= 11 is 0. The van der Waals surface area contributed by atoms with Gasteiger partial charge in [-0.25, -0.2) is 4.79 Å². The van der Waals surface area contributed by atoms with E-state index in [-0.39, 0.29) is 5.75 Å². The predicted molar refractivity (Wildman–Crippen MR) is 69.3 cm³/mol. The Morgan fingerprint density at radius 3 is 2.61 bits per heavy atom. The van der Waals surface area contributed by atoms with Crippen molar-refractivity contribution in [3.8, 4) is 5.75 Å². The predicted octanol–water partition coefficient (Wildman–Crippen LogP) is 2.09. The fourth-order valence-electron chi connectivity index (χ4n) is 2.32. The molecule has 0 heterocycles. The molecule has 4 nitrogen and oxygen atoms in total. The number of isocyanates is 1. The minimum Gasteiger partial charge on any atom is -0.507 e. The summed E-state index contributed by atoms with van der Waals surface area (Å²) in [5.74, 6) is 0.269. The number of aryl methyl sites for hydroxylation is 1. The number of aromatic hydroxyl groups is 1. The topological polar surface area (TPSA) is 52.9 Å².